The van der Waals surface area contributed by atoms with Gasteiger partial charge in [-0.3, -0.25) is 14.5 Å². The van der Waals surface area contributed by atoms with Crippen LogP contribution in [0, 0.1) is 6.92 Å². The first kappa shape index (κ1) is 19.9. The maximum Gasteiger partial charge on any atom is 0.247 e. The topological polar surface area (TPSA) is 61.8 Å². The lowest BCUT2D eigenvalue weighted by Crippen LogP contribution is -2.33. The van der Waals surface area contributed by atoms with Crippen LogP contribution in [0.15, 0.2) is 89.9 Å². The molecule has 1 fully saturated rings. The van der Waals surface area contributed by atoms with Gasteiger partial charge < -0.3 is 5.32 Å². The molecule has 2 amide bonds. The van der Waals surface area contributed by atoms with Gasteiger partial charge in [0.15, 0.2) is 5.17 Å². The van der Waals surface area contributed by atoms with Crippen LogP contribution in [0.2, 0.25) is 0 Å². The van der Waals surface area contributed by atoms with Gasteiger partial charge in [-0.15, -0.1) is 0 Å². The standard InChI is InChI=1S/C24H21N3O2S/c1-17-12-14-19(15-13-17)25-22(28)16-21-23(29)27(20-10-6-3-7-11-20)24(30-21)26-18-8-4-2-5-9-18/h2-15,21H,16H2,1H3,(H,25,28)/t21-/m1/s1. The van der Waals surface area contributed by atoms with Crippen molar-refractivity contribution in [2.75, 3.05) is 10.2 Å². The Labute approximate surface area is 179 Å². The molecule has 1 aliphatic rings. The molecule has 30 heavy (non-hydrogen) atoms. The number of aliphatic imine (C=N–C) groups is 1. The van der Waals surface area contributed by atoms with Crippen LogP contribution in [0.1, 0.15) is 12.0 Å². The van der Waals surface area contributed by atoms with Gasteiger partial charge in [-0.05, 0) is 43.3 Å². The molecule has 0 aromatic heterocycles. The van der Waals surface area contributed by atoms with Crippen LogP contribution in [0.3, 0.4) is 0 Å². The number of amides is 2. The summed E-state index contributed by atoms with van der Waals surface area (Å²) in [4.78, 5) is 32.0. The van der Waals surface area contributed by atoms with Crippen molar-refractivity contribution in [3.63, 3.8) is 0 Å². The number of amidine groups is 1. The molecule has 3 aromatic rings. The lowest BCUT2D eigenvalue weighted by atomic mass is 10.2. The Kier molecular flexibility index (Phi) is 5.95. The summed E-state index contributed by atoms with van der Waals surface area (Å²) in [5.74, 6) is -0.335. The molecule has 0 unspecified atom stereocenters. The van der Waals surface area contributed by atoms with Crippen LogP contribution in [0.4, 0.5) is 17.1 Å². The smallest absolute Gasteiger partial charge is 0.247 e. The van der Waals surface area contributed by atoms with Crippen LogP contribution in [-0.2, 0) is 9.59 Å². The molecule has 3 aromatic carbocycles. The molecule has 0 bridgehead atoms. The lowest BCUT2D eigenvalue weighted by molar-refractivity contribution is -0.121. The first-order valence-electron chi connectivity index (χ1n) is 9.66. The van der Waals surface area contributed by atoms with Crippen LogP contribution in [0.5, 0.6) is 0 Å². The molecule has 1 atom stereocenters. The molecule has 5 nitrogen and oxygen atoms in total. The second-order valence-corrected chi connectivity index (χ2v) is 8.13. The highest BCUT2D eigenvalue weighted by molar-refractivity contribution is 8.16. The van der Waals surface area contributed by atoms with Crippen LogP contribution < -0.4 is 10.2 Å². The Morgan fingerprint density at radius 2 is 1.60 bits per heavy atom. The van der Waals surface area contributed by atoms with E-state index in [1.807, 2.05) is 91.9 Å². The van der Waals surface area contributed by atoms with E-state index in [0.717, 1.165) is 22.6 Å². The van der Waals surface area contributed by atoms with Crippen LogP contribution in [0.25, 0.3) is 0 Å². The summed E-state index contributed by atoms with van der Waals surface area (Å²) < 4.78 is 0. The molecule has 6 heteroatoms. The summed E-state index contributed by atoms with van der Waals surface area (Å²) in [6.45, 7) is 1.99. The maximum absolute atomic E-state index is 13.2. The molecular weight excluding hydrogens is 394 g/mol. The Morgan fingerprint density at radius 3 is 2.27 bits per heavy atom. The van der Waals surface area contributed by atoms with Crippen LogP contribution in [-0.4, -0.2) is 22.2 Å². The largest absolute Gasteiger partial charge is 0.326 e. The number of carbonyl (C=O) groups is 2. The minimum atomic E-state index is -0.530. The summed E-state index contributed by atoms with van der Waals surface area (Å²) >= 11 is 1.32. The van der Waals surface area contributed by atoms with Crippen molar-refractivity contribution in [2.24, 2.45) is 4.99 Å². The Hall–Kier alpha value is -3.38. The summed E-state index contributed by atoms with van der Waals surface area (Å²) in [5.41, 5.74) is 3.35. The number of carbonyl (C=O) groups excluding carboxylic acids is 2. The van der Waals surface area contributed by atoms with E-state index in [9.17, 15) is 9.59 Å². The molecule has 1 saturated heterocycles. The number of aryl methyl sites for hydroxylation is 1. The van der Waals surface area contributed by atoms with E-state index >= 15 is 0 Å². The van der Waals surface area contributed by atoms with Gasteiger partial charge in [-0.1, -0.05) is 65.9 Å². The lowest BCUT2D eigenvalue weighted by Gasteiger charge is -2.16. The first-order valence-corrected chi connectivity index (χ1v) is 10.5. The zero-order chi connectivity index (χ0) is 20.9. The predicted molar refractivity (Wildman–Crippen MR) is 123 cm³/mol. The van der Waals surface area contributed by atoms with Crippen molar-refractivity contribution in [2.45, 2.75) is 18.6 Å². The van der Waals surface area contributed by atoms with Gasteiger partial charge >= 0.3 is 0 Å². The number of anilines is 2. The van der Waals surface area contributed by atoms with Crippen molar-refractivity contribution in [1.82, 2.24) is 0 Å². The summed E-state index contributed by atoms with van der Waals surface area (Å²) in [6.07, 6.45) is 0.0779. The molecule has 4 rings (SSSR count). The molecule has 0 saturated carbocycles. The summed E-state index contributed by atoms with van der Waals surface area (Å²) in [5, 5.41) is 2.92. The van der Waals surface area contributed by atoms with E-state index < -0.39 is 5.25 Å². The quantitative estimate of drug-likeness (QED) is 0.626. The number of nitrogens with zero attached hydrogens (tertiary/aromatic N) is 2. The molecule has 0 spiro atoms. The highest BCUT2D eigenvalue weighted by Gasteiger charge is 2.40. The van der Waals surface area contributed by atoms with Gasteiger partial charge in [0.25, 0.3) is 0 Å². The van der Waals surface area contributed by atoms with E-state index in [0.29, 0.717) is 5.17 Å². The third-order valence-electron chi connectivity index (χ3n) is 4.64. The predicted octanol–water partition coefficient (Wildman–Crippen LogP) is 5.16. The normalized spacial score (nSPS) is 17.4. The fraction of sp³-hybridized carbons (Fsp3) is 0.125. The second-order valence-electron chi connectivity index (χ2n) is 6.96. The second kappa shape index (κ2) is 8.97. The number of thioether (sulfide) groups is 1. The third kappa shape index (κ3) is 4.60. The van der Waals surface area contributed by atoms with E-state index in [1.165, 1.54) is 11.8 Å². The molecule has 150 valence electrons. The maximum atomic E-state index is 13.2. The highest BCUT2D eigenvalue weighted by Crippen LogP contribution is 2.35. The number of nitrogens with one attached hydrogen (secondary N) is 1. The van der Waals surface area contributed by atoms with Crippen molar-refractivity contribution in [3.8, 4) is 0 Å². The average molecular weight is 416 g/mol. The van der Waals surface area contributed by atoms with Crippen molar-refractivity contribution in [1.29, 1.82) is 0 Å². The Morgan fingerprint density at radius 1 is 0.967 bits per heavy atom. The number of rotatable bonds is 5. The van der Waals surface area contributed by atoms with Crippen molar-refractivity contribution < 1.29 is 9.59 Å². The Bertz CT molecular complexity index is 1070. The average Bonchev–Trinajstić information content (AvgIpc) is 3.05. The molecule has 1 aliphatic heterocycles. The molecule has 0 aliphatic carbocycles. The zero-order valence-corrected chi connectivity index (χ0v) is 17.3. The number of hydrogen-bond acceptors (Lipinski definition) is 4. The SMILES string of the molecule is Cc1ccc(NC(=O)C[C@H]2SC(=Nc3ccccc3)N(c3ccccc3)C2=O)cc1. The Balaban J connectivity index is 1.56. The summed E-state index contributed by atoms with van der Waals surface area (Å²) in [6, 6.07) is 26.5. The summed E-state index contributed by atoms with van der Waals surface area (Å²) in [7, 11) is 0. The van der Waals surface area contributed by atoms with E-state index in [2.05, 4.69) is 10.3 Å². The monoisotopic (exact) mass is 415 g/mol. The fourth-order valence-corrected chi connectivity index (χ4v) is 4.27. The van der Waals surface area contributed by atoms with Gasteiger partial charge in [0, 0.05) is 12.1 Å². The number of hydrogen-bond donors (Lipinski definition) is 1. The van der Waals surface area contributed by atoms with Gasteiger partial charge in [-0.25, -0.2) is 4.99 Å². The van der Waals surface area contributed by atoms with Crippen LogP contribution >= 0.6 is 11.8 Å². The molecule has 0 radical (unpaired) electrons. The van der Waals surface area contributed by atoms with E-state index in [1.54, 1.807) is 4.90 Å². The highest BCUT2D eigenvalue weighted by atomic mass is 32.2. The van der Waals surface area contributed by atoms with Gasteiger partial charge in [0.1, 0.15) is 5.25 Å². The zero-order valence-electron chi connectivity index (χ0n) is 16.5. The molecule has 1 N–H and O–H groups in total. The van der Waals surface area contributed by atoms with Gasteiger partial charge in [0.05, 0.1) is 11.4 Å². The molecule has 1 heterocycles. The van der Waals surface area contributed by atoms with E-state index in [-0.39, 0.29) is 18.2 Å². The van der Waals surface area contributed by atoms with Crippen molar-refractivity contribution >= 4 is 45.8 Å². The van der Waals surface area contributed by atoms with Crippen molar-refractivity contribution in [3.05, 3.63) is 90.5 Å². The van der Waals surface area contributed by atoms with Gasteiger partial charge in [-0.2, -0.15) is 0 Å². The minimum Gasteiger partial charge on any atom is -0.326 e. The molecular formula is C24H21N3O2S. The van der Waals surface area contributed by atoms with Gasteiger partial charge in [0.2, 0.25) is 11.8 Å². The number of para-hydroxylation sites is 2. The number of benzene rings is 3. The first-order chi connectivity index (χ1) is 14.6. The third-order valence-corrected chi connectivity index (χ3v) is 5.77. The minimum absolute atomic E-state index is 0.0779. The fourth-order valence-electron chi connectivity index (χ4n) is 3.12. The van der Waals surface area contributed by atoms with E-state index in [4.69, 9.17) is 0 Å².